The molecule has 0 saturated heterocycles. The number of thioether (sulfide) groups is 1. The van der Waals surface area contributed by atoms with Crippen LogP contribution in [-0.4, -0.2) is 17.6 Å². The molecule has 2 N–H and O–H groups in total. The summed E-state index contributed by atoms with van der Waals surface area (Å²) >= 11 is 1.50. The maximum absolute atomic E-state index is 12.0. The highest BCUT2D eigenvalue weighted by atomic mass is 32.2. The molecule has 0 aliphatic carbocycles. The highest BCUT2D eigenvalue weighted by Gasteiger charge is 2.04. The van der Waals surface area contributed by atoms with Crippen molar-refractivity contribution in [3.63, 3.8) is 0 Å². The molecular formula is C18H17N3O2S. The van der Waals surface area contributed by atoms with E-state index in [0.717, 1.165) is 5.56 Å². The highest BCUT2D eigenvalue weighted by molar-refractivity contribution is 7.99. The quantitative estimate of drug-likeness (QED) is 0.845. The fourth-order valence-corrected chi connectivity index (χ4v) is 2.80. The second-order valence-electron chi connectivity index (χ2n) is 5.11. The van der Waals surface area contributed by atoms with Gasteiger partial charge in [-0.3, -0.25) is 9.59 Å². The van der Waals surface area contributed by atoms with Gasteiger partial charge in [-0.15, -0.1) is 11.8 Å². The van der Waals surface area contributed by atoms with E-state index in [1.54, 1.807) is 36.4 Å². The van der Waals surface area contributed by atoms with E-state index in [-0.39, 0.29) is 11.8 Å². The maximum atomic E-state index is 12.0. The summed E-state index contributed by atoms with van der Waals surface area (Å²) in [6.45, 7) is 1.44. The number of hydrogen-bond acceptors (Lipinski definition) is 4. The van der Waals surface area contributed by atoms with Crippen LogP contribution in [0.5, 0.6) is 0 Å². The fourth-order valence-electron chi connectivity index (χ4n) is 2.01. The van der Waals surface area contributed by atoms with Gasteiger partial charge in [0.2, 0.25) is 11.8 Å². The van der Waals surface area contributed by atoms with Crippen molar-refractivity contribution in [2.75, 3.05) is 16.4 Å². The van der Waals surface area contributed by atoms with E-state index in [4.69, 9.17) is 5.26 Å². The molecule has 2 aromatic carbocycles. The Balaban J connectivity index is 1.80. The first-order chi connectivity index (χ1) is 11.6. The van der Waals surface area contributed by atoms with Gasteiger partial charge in [0.15, 0.2) is 0 Å². The Labute approximate surface area is 145 Å². The number of rotatable bonds is 6. The van der Waals surface area contributed by atoms with Crippen molar-refractivity contribution < 1.29 is 9.59 Å². The van der Waals surface area contributed by atoms with Gasteiger partial charge in [-0.25, -0.2) is 0 Å². The number of carbonyl (C=O) groups excluding carboxylic acids is 2. The van der Waals surface area contributed by atoms with E-state index in [1.165, 1.54) is 18.7 Å². The number of benzene rings is 2. The SMILES string of the molecule is CC(=O)Nc1cccc(NC(=O)CSCc2ccc(C#N)cc2)c1. The highest BCUT2D eigenvalue weighted by Crippen LogP contribution is 2.17. The summed E-state index contributed by atoms with van der Waals surface area (Å²) in [5.41, 5.74) is 2.98. The summed E-state index contributed by atoms with van der Waals surface area (Å²) in [6.07, 6.45) is 0. The largest absolute Gasteiger partial charge is 0.326 e. The number of nitrogens with zero attached hydrogens (tertiary/aromatic N) is 1. The molecular weight excluding hydrogens is 322 g/mol. The third-order valence-corrected chi connectivity index (χ3v) is 4.06. The third kappa shape index (κ3) is 5.78. The third-order valence-electron chi connectivity index (χ3n) is 3.05. The number of nitrogens with one attached hydrogen (secondary N) is 2. The van der Waals surface area contributed by atoms with Gasteiger partial charge in [-0.2, -0.15) is 5.26 Å². The van der Waals surface area contributed by atoms with Gasteiger partial charge in [-0.05, 0) is 35.9 Å². The molecule has 0 saturated carbocycles. The Morgan fingerprint density at radius 3 is 2.38 bits per heavy atom. The van der Waals surface area contributed by atoms with E-state index in [1.807, 2.05) is 12.1 Å². The summed E-state index contributed by atoms with van der Waals surface area (Å²) in [6, 6.07) is 16.4. The van der Waals surface area contributed by atoms with E-state index < -0.39 is 0 Å². The summed E-state index contributed by atoms with van der Waals surface area (Å²) in [5.74, 6) is 0.764. The Kier molecular flexibility index (Phi) is 6.41. The predicted molar refractivity (Wildman–Crippen MR) is 96.7 cm³/mol. The normalized spacial score (nSPS) is 9.83. The first-order valence-electron chi connectivity index (χ1n) is 7.31. The van der Waals surface area contributed by atoms with Crippen LogP contribution in [0.4, 0.5) is 11.4 Å². The molecule has 2 amide bonds. The summed E-state index contributed by atoms with van der Waals surface area (Å²) in [7, 11) is 0. The first kappa shape index (κ1) is 17.6. The zero-order chi connectivity index (χ0) is 17.4. The first-order valence-corrected chi connectivity index (χ1v) is 8.46. The lowest BCUT2D eigenvalue weighted by molar-refractivity contribution is -0.114. The van der Waals surface area contributed by atoms with Crippen molar-refractivity contribution >= 4 is 35.0 Å². The van der Waals surface area contributed by atoms with Gasteiger partial charge < -0.3 is 10.6 Å². The molecule has 0 heterocycles. The van der Waals surface area contributed by atoms with Crippen LogP contribution < -0.4 is 10.6 Å². The molecule has 2 rings (SSSR count). The molecule has 0 radical (unpaired) electrons. The minimum absolute atomic E-state index is 0.103. The molecule has 0 fully saturated rings. The Morgan fingerprint density at radius 1 is 1.08 bits per heavy atom. The minimum atomic E-state index is -0.156. The molecule has 24 heavy (non-hydrogen) atoms. The number of carbonyl (C=O) groups is 2. The summed E-state index contributed by atoms with van der Waals surface area (Å²) in [4.78, 5) is 23.0. The average molecular weight is 339 g/mol. The van der Waals surface area contributed by atoms with Crippen molar-refractivity contribution in [2.45, 2.75) is 12.7 Å². The number of hydrogen-bond donors (Lipinski definition) is 2. The molecule has 0 aliphatic rings. The smallest absolute Gasteiger partial charge is 0.234 e. The molecule has 0 bridgehead atoms. The lowest BCUT2D eigenvalue weighted by Gasteiger charge is -2.08. The van der Waals surface area contributed by atoms with Gasteiger partial charge >= 0.3 is 0 Å². The Hall–Kier alpha value is -2.78. The van der Waals surface area contributed by atoms with Crippen LogP contribution in [0.2, 0.25) is 0 Å². The summed E-state index contributed by atoms with van der Waals surface area (Å²) in [5, 5.41) is 14.2. The topological polar surface area (TPSA) is 82.0 Å². The molecule has 5 nitrogen and oxygen atoms in total. The minimum Gasteiger partial charge on any atom is -0.326 e. The molecule has 0 unspecified atom stereocenters. The van der Waals surface area contributed by atoms with Crippen LogP contribution in [0.25, 0.3) is 0 Å². The van der Waals surface area contributed by atoms with E-state index in [9.17, 15) is 9.59 Å². The molecule has 0 aromatic heterocycles. The maximum Gasteiger partial charge on any atom is 0.234 e. The van der Waals surface area contributed by atoms with Crippen molar-refractivity contribution in [3.8, 4) is 6.07 Å². The zero-order valence-corrected chi connectivity index (χ0v) is 14.0. The van der Waals surface area contributed by atoms with Gasteiger partial charge in [-0.1, -0.05) is 18.2 Å². The van der Waals surface area contributed by atoms with Crippen LogP contribution in [-0.2, 0) is 15.3 Å². The van der Waals surface area contributed by atoms with E-state index in [0.29, 0.717) is 28.4 Å². The Bertz CT molecular complexity index is 767. The molecule has 122 valence electrons. The Morgan fingerprint density at radius 2 is 1.75 bits per heavy atom. The van der Waals surface area contributed by atoms with Crippen molar-refractivity contribution in [1.82, 2.24) is 0 Å². The van der Waals surface area contributed by atoms with Crippen molar-refractivity contribution in [2.24, 2.45) is 0 Å². The molecule has 0 atom stereocenters. The van der Waals surface area contributed by atoms with Crippen molar-refractivity contribution in [3.05, 3.63) is 59.7 Å². The van der Waals surface area contributed by atoms with Gasteiger partial charge in [0.05, 0.1) is 17.4 Å². The lowest BCUT2D eigenvalue weighted by atomic mass is 10.2. The fraction of sp³-hybridized carbons (Fsp3) is 0.167. The van der Waals surface area contributed by atoms with Crippen LogP contribution >= 0.6 is 11.8 Å². The van der Waals surface area contributed by atoms with E-state index >= 15 is 0 Å². The predicted octanol–water partition coefficient (Wildman–Crippen LogP) is 3.39. The van der Waals surface area contributed by atoms with Crippen molar-refractivity contribution in [1.29, 1.82) is 5.26 Å². The molecule has 6 heteroatoms. The van der Waals surface area contributed by atoms with E-state index in [2.05, 4.69) is 16.7 Å². The van der Waals surface area contributed by atoms with Crippen LogP contribution in [0, 0.1) is 11.3 Å². The number of amides is 2. The average Bonchev–Trinajstić information content (AvgIpc) is 2.55. The molecule has 0 spiro atoms. The molecule has 0 aliphatic heterocycles. The van der Waals surface area contributed by atoms with Gasteiger partial charge in [0.1, 0.15) is 0 Å². The van der Waals surface area contributed by atoms with Crippen LogP contribution in [0.3, 0.4) is 0 Å². The molecule has 2 aromatic rings. The zero-order valence-electron chi connectivity index (χ0n) is 13.2. The second-order valence-corrected chi connectivity index (χ2v) is 6.10. The van der Waals surface area contributed by atoms with Crippen LogP contribution in [0.15, 0.2) is 48.5 Å². The van der Waals surface area contributed by atoms with Gasteiger partial charge in [0, 0.05) is 24.1 Å². The number of nitriles is 1. The standard InChI is InChI=1S/C18H17N3O2S/c1-13(22)20-16-3-2-4-17(9-16)21-18(23)12-24-11-15-7-5-14(10-19)6-8-15/h2-9H,11-12H2,1H3,(H,20,22)(H,21,23). The second kappa shape index (κ2) is 8.75. The monoisotopic (exact) mass is 339 g/mol. The van der Waals surface area contributed by atoms with Crippen LogP contribution in [0.1, 0.15) is 18.1 Å². The lowest BCUT2D eigenvalue weighted by Crippen LogP contribution is -2.14. The van der Waals surface area contributed by atoms with Gasteiger partial charge in [0.25, 0.3) is 0 Å². The number of anilines is 2. The summed E-state index contributed by atoms with van der Waals surface area (Å²) < 4.78 is 0.